The van der Waals surface area contributed by atoms with E-state index >= 15 is 0 Å². The van der Waals surface area contributed by atoms with Gasteiger partial charge in [0.15, 0.2) is 5.76 Å². The molecule has 0 unspecified atom stereocenters. The van der Waals surface area contributed by atoms with Crippen molar-refractivity contribution in [3.8, 4) is 0 Å². The maximum absolute atomic E-state index is 13.0. The van der Waals surface area contributed by atoms with Crippen LogP contribution in [-0.2, 0) is 6.42 Å². The van der Waals surface area contributed by atoms with E-state index in [1.165, 1.54) is 11.1 Å². The van der Waals surface area contributed by atoms with Gasteiger partial charge in [0.25, 0.3) is 5.91 Å². The topological polar surface area (TPSA) is 39.9 Å². The first kappa shape index (κ1) is 21.1. The lowest BCUT2D eigenvalue weighted by atomic mass is 10.2. The molecule has 0 saturated carbocycles. The first-order chi connectivity index (χ1) is 14.7. The van der Waals surface area contributed by atoms with Crippen LogP contribution in [0.2, 0.25) is 5.02 Å². The molecule has 0 N–H and O–H groups in total. The molecule has 0 atom stereocenters. The number of carbonyl (C=O) groups excluding carboxylic acids is 1. The summed E-state index contributed by atoms with van der Waals surface area (Å²) in [7, 11) is 0. The summed E-state index contributed by atoms with van der Waals surface area (Å²) in [5.41, 5.74) is 0.829. The number of hydrogen-bond acceptors (Lipinski definition) is 5. The van der Waals surface area contributed by atoms with Crippen LogP contribution < -0.4 is 4.90 Å². The van der Waals surface area contributed by atoms with Crippen molar-refractivity contribution in [2.45, 2.75) is 6.42 Å². The maximum Gasteiger partial charge on any atom is 0.293 e. The Hall–Kier alpha value is -2.12. The van der Waals surface area contributed by atoms with E-state index in [9.17, 15) is 4.79 Å². The lowest BCUT2D eigenvalue weighted by Gasteiger charge is -2.35. The molecule has 1 amide bonds. The molecule has 1 aliphatic heterocycles. The normalized spacial score (nSPS) is 15.4. The number of halogens is 1. The van der Waals surface area contributed by atoms with E-state index in [0.717, 1.165) is 51.4 Å². The first-order valence-corrected chi connectivity index (χ1v) is 11.5. The summed E-state index contributed by atoms with van der Waals surface area (Å²) < 4.78 is 5.35. The second-order valence-corrected chi connectivity index (χ2v) is 8.89. The van der Waals surface area contributed by atoms with E-state index in [1.807, 2.05) is 35.6 Å². The Morgan fingerprint density at radius 2 is 1.73 bits per heavy atom. The first-order valence-electron chi connectivity index (χ1n) is 10.3. The molecule has 4 rings (SSSR count). The molecule has 3 heterocycles. The molecule has 0 aliphatic carbocycles. The van der Waals surface area contributed by atoms with Crippen LogP contribution in [0, 0.1) is 0 Å². The van der Waals surface area contributed by atoms with Crippen LogP contribution in [0.5, 0.6) is 0 Å². The summed E-state index contributed by atoms with van der Waals surface area (Å²) in [4.78, 5) is 21.2. The molecule has 1 aliphatic rings. The van der Waals surface area contributed by atoms with Crippen LogP contribution in [-0.4, -0.2) is 61.5 Å². The molecule has 30 heavy (non-hydrogen) atoms. The maximum atomic E-state index is 13.0. The number of benzene rings is 1. The summed E-state index contributed by atoms with van der Waals surface area (Å²) in [5.74, 6) is 0.222. The highest BCUT2D eigenvalue weighted by Crippen LogP contribution is 2.21. The molecular formula is C23H26ClN3O2S. The van der Waals surface area contributed by atoms with Gasteiger partial charge in [0, 0.05) is 61.4 Å². The van der Waals surface area contributed by atoms with Crippen molar-refractivity contribution in [3.63, 3.8) is 0 Å². The van der Waals surface area contributed by atoms with Crippen molar-refractivity contribution < 1.29 is 9.21 Å². The van der Waals surface area contributed by atoms with E-state index in [0.29, 0.717) is 17.3 Å². The monoisotopic (exact) mass is 443 g/mol. The Labute approximate surface area is 186 Å². The minimum atomic E-state index is -0.128. The van der Waals surface area contributed by atoms with Crippen LogP contribution in [0.1, 0.15) is 15.4 Å². The van der Waals surface area contributed by atoms with E-state index in [-0.39, 0.29) is 5.91 Å². The van der Waals surface area contributed by atoms with Gasteiger partial charge in [-0.3, -0.25) is 9.69 Å². The molecule has 2 aromatic heterocycles. The minimum absolute atomic E-state index is 0.128. The molecular weight excluding hydrogens is 418 g/mol. The van der Waals surface area contributed by atoms with Gasteiger partial charge in [-0.25, -0.2) is 0 Å². The third-order valence-electron chi connectivity index (χ3n) is 5.47. The Morgan fingerprint density at radius 1 is 1.00 bits per heavy atom. The van der Waals surface area contributed by atoms with Gasteiger partial charge >= 0.3 is 0 Å². The number of hydrogen-bond donors (Lipinski definition) is 0. The lowest BCUT2D eigenvalue weighted by Crippen LogP contribution is -2.49. The number of amides is 1. The Kier molecular flexibility index (Phi) is 7.23. The predicted molar refractivity (Wildman–Crippen MR) is 123 cm³/mol. The van der Waals surface area contributed by atoms with Gasteiger partial charge in [-0.15, -0.1) is 11.3 Å². The largest absolute Gasteiger partial charge is 0.459 e. The summed E-state index contributed by atoms with van der Waals surface area (Å²) in [6, 6.07) is 15.2. The van der Waals surface area contributed by atoms with E-state index in [1.54, 1.807) is 17.0 Å². The standard InChI is InChI=1S/C23H26ClN3O2S/c24-19-5-7-20(8-6-19)27(23(28)22-4-1-17-29-22)16-15-26-13-11-25(12-14-26)10-9-21-3-2-18-30-21/h1-8,17-18H,9-16H2. The van der Waals surface area contributed by atoms with Gasteiger partial charge in [-0.2, -0.15) is 0 Å². The molecule has 158 valence electrons. The molecule has 3 aromatic rings. The zero-order valence-electron chi connectivity index (χ0n) is 16.9. The number of furan rings is 1. The fourth-order valence-corrected chi connectivity index (χ4v) is 4.53. The molecule has 1 saturated heterocycles. The van der Waals surface area contributed by atoms with Gasteiger partial charge in [0.05, 0.1) is 6.26 Å². The van der Waals surface area contributed by atoms with Crippen molar-refractivity contribution in [2.75, 3.05) is 50.7 Å². The van der Waals surface area contributed by atoms with Gasteiger partial charge in [-0.1, -0.05) is 17.7 Å². The van der Waals surface area contributed by atoms with E-state index in [4.69, 9.17) is 16.0 Å². The van der Waals surface area contributed by atoms with E-state index < -0.39 is 0 Å². The zero-order chi connectivity index (χ0) is 20.8. The van der Waals surface area contributed by atoms with Crippen molar-refractivity contribution in [1.82, 2.24) is 9.80 Å². The van der Waals surface area contributed by atoms with Gasteiger partial charge in [0.2, 0.25) is 0 Å². The summed E-state index contributed by atoms with van der Waals surface area (Å²) in [6.07, 6.45) is 2.66. The molecule has 0 bridgehead atoms. The van der Waals surface area contributed by atoms with Crippen LogP contribution in [0.15, 0.2) is 64.6 Å². The average molecular weight is 444 g/mol. The number of rotatable bonds is 8. The second-order valence-electron chi connectivity index (χ2n) is 7.42. The van der Waals surface area contributed by atoms with Crippen molar-refractivity contribution in [1.29, 1.82) is 0 Å². The lowest BCUT2D eigenvalue weighted by molar-refractivity contribution is 0.0949. The van der Waals surface area contributed by atoms with Crippen LogP contribution in [0.25, 0.3) is 0 Å². The highest BCUT2D eigenvalue weighted by Gasteiger charge is 2.22. The number of thiophene rings is 1. The highest BCUT2D eigenvalue weighted by molar-refractivity contribution is 7.09. The van der Waals surface area contributed by atoms with Crippen LogP contribution >= 0.6 is 22.9 Å². The molecule has 1 aromatic carbocycles. The fourth-order valence-electron chi connectivity index (χ4n) is 3.70. The van der Waals surface area contributed by atoms with Crippen LogP contribution in [0.4, 0.5) is 5.69 Å². The molecule has 0 spiro atoms. The summed E-state index contributed by atoms with van der Waals surface area (Å²) in [5, 5.41) is 2.80. The SMILES string of the molecule is O=C(c1ccco1)N(CCN1CCN(CCc2cccs2)CC1)c1ccc(Cl)cc1. The van der Waals surface area contributed by atoms with Crippen molar-refractivity contribution in [2.24, 2.45) is 0 Å². The molecule has 0 radical (unpaired) electrons. The Bertz CT molecular complexity index is 905. The fraction of sp³-hybridized carbons (Fsp3) is 0.348. The third-order valence-corrected chi connectivity index (χ3v) is 6.66. The average Bonchev–Trinajstić information content (AvgIpc) is 3.49. The predicted octanol–water partition coefficient (Wildman–Crippen LogP) is 4.50. The van der Waals surface area contributed by atoms with Gasteiger partial charge in [0.1, 0.15) is 0 Å². The quantitative estimate of drug-likeness (QED) is 0.514. The Balaban J connectivity index is 1.31. The number of nitrogens with zero attached hydrogens (tertiary/aromatic N) is 3. The number of anilines is 1. The zero-order valence-corrected chi connectivity index (χ0v) is 18.4. The smallest absolute Gasteiger partial charge is 0.293 e. The molecule has 5 nitrogen and oxygen atoms in total. The molecule has 7 heteroatoms. The summed E-state index contributed by atoms with van der Waals surface area (Å²) in [6.45, 7) is 6.73. The second kappa shape index (κ2) is 10.3. The van der Waals surface area contributed by atoms with Crippen molar-refractivity contribution >= 4 is 34.5 Å². The highest BCUT2D eigenvalue weighted by atomic mass is 35.5. The third kappa shape index (κ3) is 5.52. The summed E-state index contributed by atoms with van der Waals surface area (Å²) >= 11 is 7.87. The van der Waals surface area contributed by atoms with E-state index in [2.05, 4.69) is 27.3 Å². The Morgan fingerprint density at radius 3 is 2.37 bits per heavy atom. The van der Waals surface area contributed by atoms with Gasteiger partial charge < -0.3 is 14.2 Å². The number of carbonyl (C=O) groups is 1. The minimum Gasteiger partial charge on any atom is -0.459 e. The van der Waals surface area contributed by atoms with Crippen LogP contribution in [0.3, 0.4) is 0 Å². The number of piperazine rings is 1. The molecule has 1 fully saturated rings. The van der Waals surface area contributed by atoms with Crippen molar-refractivity contribution in [3.05, 3.63) is 75.8 Å². The van der Waals surface area contributed by atoms with Gasteiger partial charge in [-0.05, 0) is 54.3 Å².